The predicted molar refractivity (Wildman–Crippen MR) is 54.9 cm³/mol. The Labute approximate surface area is 74.0 Å². The summed E-state index contributed by atoms with van der Waals surface area (Å²) in [6.07, 6.45) is 0. The maximum absolute atomic E-state index is 5.47. The molecular formula is C6H20N2OSi2. The molecule has 0 bridgehead atoms. The number of nitrogens with two attached hydrogens (primary N) is 1. The van der Waals surface area contributed by atoms with E-state index in [1.165, 1.54) is 6.04 Å². The molecule has 0 fully saturated rings. The third-order valence-corrected chi connectivity index (χ3v) is 5.88. The molecule has 0 saturated heterocycles. The van der Waals surface area contributed by atoms with Gasteiger partial charge in [-0.2, -0.15) is 0 Å². The van der Waals surface area contributed by atoms with Crippen LogP contribution in [0.15, 0.2) is 0 Å². The van der Waals surface area contributed by atoms with Crippen LogP contribution in [0.5, 0.6) is 0 Å². The van der Waals surface area contributed by atoms with Crippen LogP contribution in [0, 0.1) is 5.92 Å². The summed E-state index contributed by atoms with van der Waals surface area (Å²) in [5.41, 5.74) is 5.38. The van der Waals surface area contributed by atoms with Gasteiger partial charge in [-0.15, -0.1) is 0 Å². The smallest absolute Gasteiger partial charge is 0.241 e. The fourth-order valence-corrected chi connectivity index (χ4v) is 3.88. The van der Waals surface area contributed by atoms with E-state index in [9.17, 15) is 0 Å². The second-order valence-electron chi connectivity index (χ2n) is 3.10. The van der Waals surface area contributed by atoms with Crippen molar-refractivity contribution in [1.82, 2.24) is 4.98 Å². The molecule has 0 aromatic carbocycles. The first-order chi connectivity index (χ1) is 5.20. The molecule has 0 spiro atoms. The Balaban J connectivity index is 3.41. The zero-order chi connectivity index (χ0) is 8.69. The van der Waals surface area contributed by atoms with Gasteiger partial charge in [0.2, 0.25) is 9.20 Å². The van der Waals surface area contributed by atoms with Gasteiger partial charge >= 0.3 is 0 Å². The predicted octanol–water partition coefficient (Wildman–Crippen LogP) is -1.29. The van der Waals surface area contributed by atoms with Crippen molar-refractivity contribution in [2.45, 2.75) is 19.9 Å². The van der Waals surface area contributed by atoms with E-state index in [0.29, 0.717) is 6.54 Å². The third-order valence-electron chi connectivity index (χ3n) is 1.49. The Hall–Kier alpha value is 0.314. The maximum Gasteiger partial charge on any atom is 0.241 e. The summed E-state index contributed by atoms with van der Waals surface area (Å²) in [4.78, 5) is 3.38. The van der Waals surface area contributed by atoms with Crippen LogP contribution in [-0.4, -0.2) is 32.8 Å². The molecule has 0 aliphatic rings. The minimum absolute atomic E-state index is 0.715. The van der Waals surface area contributed by atoms with E-state index in [-0.39, 0.29) is 0 Å². The Morgan fingerprint density at radius 2 is 2.27 bits per heavy atom. The molecule has 0 radical (unpaired) electrons. The van der Waals surface area contributed by atoms with Crippen molar-refractivity contribution in [2.75, 3.05) is 13.1 Å². The number of rotatable bonds is 6. The van der Waals surface area contributed by atoms with E-state index in [4.69, 9.17) is 9.85 Å². The summed E-state index contributed by atoms with van der Waals surface area (Å²) >= 11 is 0. The summed E-state index contributed by atoms with van der Waals surface area (Å²) < 4.78 is 5.47. The lowest BCUT2D eigenvalue weighted by Gasteiger charge is -2.16. The molecule has 1 unspecified atom stereocenters. The normalized spacial score (nSPS) is 14.2. The van der Waals surface area contributed by atoms with Gasteiger partial charge in [0.05, 0.1) is 0 Å². The molecule has 0 rings (SSSR count). The van der Waals surface area contributed by atoms with Gasteiger partial charge < -0.3 is 14.8 Å². The van der Waals surface area contributed by atoms with Gasteiger partial charge in [0.1, 0.15) is 10.5 Å². The third kappa shape index (κ3) is 6.70. The van der Waals surface area contributed by atoms with Gasteiger partial charge in [-0.05, 0) is 12.0 Å². The van der Waals surface area contributed by atoms with E-state index in [0.717, 1.165) is 22.9 Å². The molecule has 1 atom stereocenters. The minimum Gasteiger partial charge on any atom is -0.455 e. The molecule has 0 saturated carbocycles. The number of hydrogen-bond donors (Lipinski definition) is 2. The van der Waals surface area contributed by atoms with Gasteiger partial charge in [0.15, 0.2) is 0 Å². The SMILES string of the molecule is CC(C)C[SiH](NCCN)O[SiH3]. The second-order valence-corrected chi connectivity index (χ2v) is 6.84. The van der Waals surface area contributed by atoms with Crippen molar-refractivity contribution in [3.8, 4) is 0 Å². The van der Waals surface area contributed by atoms with Crippen LogP contribution in [-0.2, 0) is 4.12 Å². The molecular weight excluding hydrogens is 172 g/mol. The Morgan fingerprint density at radius 1 is 1.64 bits per heavy atom. The van der Waals surface area contributed by atoms with Crippen molar-refractivity contribution < 1.29 is 4.12 Å². The van der Waals surface area contributed by atoms with E-state index in [2.05, 4.69) is 18.8 Å². The summed E-state index contributed by atoms with van der Waals surface area (Å²) in [5, 5.41) is 0. The molecule has 3 N–H and O–H groups in total. The highest BCUT2D eigenvalue weighted by molar-refractivity contribution is 6.52. The topological polar surface area (TPSA) is 47.3 Å². The van der Waals surface area contributed by atoms with Gasteiger partial charge in [-0.25, -0.2) is 0 Å². The fraction of sp³-hybridized carbons (Fsp3) is 1.00. The van der Waals surface area contributed by atoms with Crippen LogP contribution in [0.25, 0.3) is 0 Å². The molecule has 0 amide bonds. The first-order valence-electron chi connectivity index (χ1n) is 4.17. The van der Waals surface area contributed by atoms with Crippen LogP contribution in [0.1, 0.15) is 13.8 Å². The molecule has 0 heterocycles. The van der Waals surface area contributed by atoms with Crippen LogP contribution >= 0.6 is 0 Å². The van der Waals surface area contributed by atoms with Crippen LogP contribution < -0.4 is 10.7 Å². The lowest BCUT2D eigenvalue weighted by Crippen LogP contribution is -2.40. The summed E-state index contributed by atoms with van der Waals surface area (Å²) in [5.74, 6) is 0.742. The lowest BCUT2D eigenvalue weighted by molar-refractivity contribution is 0.568. The molecule has 3 nitrogen and oxygen atoms in total. The van der Waals surface area contributed by atoms with Crippen LogP contribution in [0.2, 0.25) is 6.04 Å². The zero-order valence-corrected chi connectivity index (χ0v) is 10.9. The maximum atomic E-state index is 5.47. The standard InChI is InChI=1S/C6H20N2OSi2/c1-6(2)5-11(9-10)8-4-3-7/h6,8,11H,3-5,7H2,1-2,10H3. The van der Waals surface area contributed by atoms with Crippen molar-refractivity contribution in [3.63, 3.8) is 0 Å². The Morgan fingerprint density at radius 3 is 2.64 bits per heavy atom. The fourth-order valence-electron chi connectivity index (χ4n) is 0.935. The monoisotopic (exact) mass is 192 g/mol. The van der Waals surface area contributed by atoms with E-state index < -0.39 is 9.20 Å². The highest BCUT2D eigenvalue weighted by Gasteiger charge is 2.09. The highest BCUT2D eigenvalue weighted by atomic mass is 28.3. The lowest BCUT2D eigenvalue weighted by atomic mass is 10.3. The molecule has 11 heavy (non-hydrogen) atoms. The van der Waals surface area contributed by atoms with Crippen molar-refractivity contribution >= 4 is 19.7 Å². The van der Waals surface area contributed by atoms with Gasteiger partial charge in [-0.3, -0.25) is 0 Å². The molecule has 0 aliphatic heterocycles. The first kappa shape index (κ1) is 11.3. The summed E-state index contributed by atoms with van der Waals surface area (Å²) in [6.45, 7) is 6.08. The van der Waals surface area contributed by atoms with Crippen LogP contribution in [0.4, 0.5) is 0 Å². The van der Waals surface area contributed by atoms with Crippen molar-refractivity contribution in [1.29, 1.82) is 0 Å². The van der Waals surface area contributed by atoms with Crippen LogP contribution in [0.3, 0.4) is 0 Å². The van der Waals surface area contributed by atoms with E-state index in [1.54, 1.807) is 0 Å². The molecule has 0 aromatic rings. The van der Waals surface area contributed by atoms with Gasteiger partial charge in [0, 0.05) is 13.1 Å². The van der Waals surface area contributed by atoms with E-state index >= 15 is 0 Å². The van der Waals surface area contributed by atoms with Gasteiger partial charge in [-0.1, -0.05) is 13.8 Å². The molecule has 68 valence electrons. The number of hydrogen-bond acceptors (Lipinski definition) is 3. The van der Waals surface area contributed by atoms with Crippen molar-refractivity contribution in [3.05, 3.63) is 0 Å². The summed E-state index contributed by atoms with van der Waals surface area (Å²) in [6, 6.07) is 1.21. The molecule has 5 heteroatoms. The Kier molecular flexibility index (Phi) is 7.19. The quantitative estimate of drug-likeness (QED) is 0.515. The van der Waals surface area contributed by atoms with Gasteiger partial charge in [0.25, 0.3) is 0 Å². The molecule has 0 aliphatic carbocycles. The molecule has 0 aromatic heterocycles. The van der Waals surface area contributed by atoms with E-state index in [1.807, 2.05) is 0 Å². The Bertz CT molecular complexity index is 92.7. The minimum atomic E-state index is -1.06. The van der Waals surface area contributed by atoms with Crippen molar-refractivity contribution in [2.24, 2.45) is 11.7 Å². The summed E-state index contributed by atoms with van der Waals surface area (Å²) in [7, 11) is -0.204. The first-order valence-corrected chi connectivity index (χ1v) is 6.85. The second kappa shape index (κ2) is 6.99. The largest absolute Gasteiger partial charge is 0.455 e. The highest BCUT2D eigenvalue weighted by Crippen LogP contribution is 2.02. The average molecular weight is 192 g/mol. The number of nitrogens with one attached hydrogen (secondary N) is 1. The zero-order valence-electron chi connectivity index (χ0n) is 7.76. The average Bonchev–Trinajstić information content (AvgIpc) is 1.97.